The first kappa shape index (κ1) is 35.0. The first-order chi connectivity index (χ1) is 21.3. The second-order valence-electron chi connectivity index (χ2n) is 11.5. The summed E-state index contributed by atoms with van der Waals surface area (Å²) in [6, 6.07) is 6.24. The van der Waals surface area contributed by atoms with Gasteiger partial charge in [0.05, 0.1) is 37.8 Å². The van der Waals surface area contributed by atoms with Crippen LogP contribution >= 0.6 is 0 Å². The molecule has 3 rings (SSSR count). The number of nitrogens with one attached hydrogen (secondary N) is 5. The number of ether oxygens (including phenoxy) is 4. The van der Waals surface area contributed by atoms with Gasteiger partial charge in [-0.1, -0.05) is 30.3 Å². The molecule has 1 aliphatic rings. The fraction of sp³-hybridized carbons (Fsp3) is 0.533. The monoisotopic (exact) mass is 630 g/mol. The molecule has 2 unspecified atom stereocenters. The topological polar surface area (TPSA) is 199 Å². The van der Waals surface area contributed by atoms with Gasteiger partial charge in [0.2, 0.25) is 17.7 Å². The molecule has 0 radical (unpaired) electrons. The zero-order valence-corrected chi connectivity index (χ0v) is 26.1. The van der Waals surface area contributed by atoms with E-state index < -0.39 is 59.6 Å². The number of benzene rings is 1. The lowest BCUT2D eigenvalue weighted by atomic mass is 10.2. The molecule has 0 saturated heterocycles. The van der Waals surface area contributed by atoms with Crippen LogP contribution < -0.4 is 21.3 Å². The Morgan fingerprint density at radius 2 is 1.62 bits per heavy atom. The number of carbonyl (C=O) groups excluding carboxylic acids is 5. The van der Waals surface area contributed by atoms with Crippen LogP contribution in [0.2, 0.25) is 0 Å². The highest BCUT2D eigenvalue weighted by Crippen LogP contribution is 2.08. The molecule has 15 nitrogen and oxygen atoms in total. The van der Waals surface area contributed by atoms with E-state index in [-0.39, 0.29) is 33.0 Å². The lowest BCUT2D eigenvalue weighted by molar-refractivity contribution is -0.151. The van der Waals surface area contributed by atoms with Crippen LogP contribution in [-0.4, -0.2) is 89.6 Å². The van der Waals surface area contributed by atoms with Crippen molar-refractivity contribution < 1.29 is 42.9 Å². The molecule has 0 fully saturated rings. The van der Waals surface area contributed by atoms with Gasteiger partial charge in [-0.05, 0) is 46.2 Å². The summed E-state index contributed by atoms with van der Waals surface area (Å²) < 4.78 is 22.1. The molecule has 1 aromatic carbocycles. The van der Waals surface area contributed by atoms with Crippen molar-refractivity contribution in [2.75, 3.05) is 19.8 Å². The van der Waals surface area contributed by atoms with Crippen LogP contribution in [0.3, 0.4) is 0 Å². The maximum absolute atomic E-state index is 13.1. The number of amides is 4. The molecule has 2 bridgehead atoms. The minimum atomic E-state index is -1.19. The summed E-state index contributed by atoms with van der Waals surface area (Å²) in [6.45, 7) is 7.68. The number of aromatic amines is 1. The van der Waals surface area contributed by atoms with Crippen molar-refractivity contribution in [1.82, 2.24) is 31.5 Å². The first-order valence-corrected chi connectivity index (χ1v) is 14.6. The fourth-order valence-corrected chi connectivity index (χ4v) is 3.99. The maximum atomic E-state index is 13.1. The van der Waals surface area contributed by atoms with Crippen molar-refractivity contribution in [1.29, 1.82) is 0 Å². The third-order valence-electron chi connectivity index (χ3n) is 6.35. The van der Waals surface area contributed by atoms with Crippen molar-refractivity contribution in [3.63, 3.8) is 0 Å². The Kier molecular flexibility index (Phi) is 12.9. The van der Waals surface area contributed by atoms with E-state index in [1.165, 1.54) is 13.8 Å². The van der Waals surface area contributed by atoms with E-state index in [0.29, 0.717) is 17.8 Å². The smallest absolute Gasteiger partial charge is 0.408 e. The highest BCUT2D eigenvalue weighted by atomic mass is 16.6. The zero-order valence-electron chi connectivity index (χ0n) is 26.1. The molecular weight excluding hydrogens is 588 g/mol. The van der Waals surface area contributed by atoms with Crippen molar-refractivity contribution in [3.8, 4) is 0 Å². The molecule has 1 aromatic heterocycles. The van der Waals surface area contributed by atoms with Gasteiger partial charge < -0.3 is 40.2 Å². The van der Waals surface area contributed by atoms with Crippen molar-refractivity contribution in [2.24, 2.45) is 0 Å². The molecule has 2 heterocycles. The van der Waals surface area contributed by atoms with E-state index in [2.05, 4.69) is 31.5 Å². The summed E-state index contributed by atoms with van der Waals surface area (Å²) in [6.07, 6.45) is -0.463. The van der Waals surface area contributed by atoms with E-state index in [4.69, 9.17) is 18.9 Å². The van der Waals surface area contributed by atoms with Crippen LogP contribution in [0.15, 0.2) is 36.4 Å². The molecule has 4 atom stereocenters. The van der Waals surface area contributed by atoms with Gasteiger partial charge in [-0.2, -0.15) is 5.10 Å². The van der Waals surface area contributed by atoms with Gasteiger partial charge in [0.15, 0.2) is 6.04 Å². The van der Waals surface area contributed by atoms with Crippen LogP contribution in [-0.2, 0) is 57.8 Å². The average Bonchev–Trinajstić information content (AvgIpc) is 3.43. The summed E-state index contributed by atoms with van der Waals surface area (Å²) in [4.78, 5) is 64.3. The molecule has 0 spiro atoms. The summed E-state index contributed by atoms with van der Waals surface area (Å²) in [7, 11) is 0. The van der Waals surface area contributed by atoms with Crippen LogP contribution in [0.4, 0.5) is 4.79 Å². The number of esters is 1. The third-order valence-corrected chi connectivity index (χ3v) is 6.35. The molecule has 2 aromatic rings. The fourth-order valence-electron chi connectivity index (χ4n) is 3.99. The Morgan fingerprint density at radius 1 is 0.956 bits per heavy atom. The van der Waals surface area contributed by atoms with Crippen molar-refractivity contribution in [2.45, 2.75) is 84.0 Å². The molecular formula is C30H42N6O9. The lowest BCUT2D eigenvalue weighted by Crippen LogP contribution is -2.57. The van der Waals surface area contributed by atoms with E-state index >= 15 is 0 Å². The number of carbonyl (C=O) groups is 5. The maximum Gasteiger partial charge on any atom is 0.408 e. The van der Waals surface area contributed by atoms with Gasteiger partial charge in [0.1, 0.15) is 30.3 Å². The molecule has 4 amide bonds. The molecule has 0 saturated carbocycles. The predicted octanol–water partition coefficient (Wildman–Crippen LogP) is 0.630. The zero-order chi connectivity index (χ0) is 33.0. The highest BCUT2D eigenvalue weighted by molar-refractivity contribution is 5.94. The van der Waals surface area contributed by atoms with Crippen LogP contribution in [0, 0.1) is 0 Å². The minimum Gasteiger partial charge on any atom is -0.459 e. The predicted molar refractivity (Wildman–Crippen MR) is 159 cm³/mol. The number of rotatable bonds is 4. The number of fused-ring (bicyclic) bond motifs is 2. The molecule has 0 aliphatic carbocycles. The number of alkyl carbamates (subject to hydrolysis) is 1. The summed E-state index contributed by atoms with van der Waals surface area (Å²) in [5.41, 5.74) is 1.22. The molecule has 45 heavy (non-hydrogen) atoms. The van der Waals surface area contributed by atoms with E-state index in [0.717, 1.165) is 5.56 Å². The number of aromatic nitrogens is 2. The average molecular weight is 631 g/mol. The largest absolute Gasteiger partial charge is 0.459 e. The van der Waals surface area contributed by atoms with Gasteiger partial charge in [-0.15, -0.1) is 0 Å². The van der Waals surface area contributed by atoms with E-state index in [1.807, 2.05) is 18.2 Å². The minimum absolute atomic E-state index is 0.00863. The van der Waals surface area contributed by atoms with E-state index in [1.54, 1.807) is 39.0 Å². The Labute approximate surface area is 261 Å². The third kappa shape index (κ3) is 12.2. The number of nitrogens with zero attached hydrogens (tertiary/aromatic N) is 1. The van der Waals surface area contributed by atoms with Gasteiger partial charge >= 0.3 is 12.1 Å². The molecule has 246 valence electrons. The summed E-state index contributed by atoms with van der Waals surface area (Å²) >= 11 is 0. The molecule has 15 heteroatoms. The first-order valence-electron chi connectivity index (χ1n) is 14.6. The van der Waals surface area contributed by atoms with Crippen LogP contribution in [0.5, 0.6) is 0 Å². The quantitative estimate of drug-likeness (QED) is 0.299. The van der Waals surface area contributed by atoms with Crippen LogP contribution in [0.25, 0.3) is 0 Å². The van der Waals surface area contributed by atoms with Crippen molar-refractivity contribution in [3.05, 3.63) is 53.3 Å². The highest BCUT2D eigenvalue weighted by Gasteiger charge is 2.30. The Bertz CT molecular complexity index is 1310. The van der Waals surface area contributed by atoms with Gasteiger partial charge in [0.25, 0.3) is 0 Å². The normalized spacial score (nSPS) is 22.6. The number of H-pyrrole nitrogens is 1. The summed E-state index contributed by atoms with van der Waals surface area (Å²) in [5, 5.41) is 17.1. The lowest BCUT2D eigenvalue weighted by Gasteiger charge is -2.25. The second-order valence-corrected chi connectivity index (χ2v) is 11.5. The van der Waals surface area contributed by atoms with E-state index in [9.17, 15) is 24.0 Å². The van der Waals surface area contributed by atoms with Gasteiger partial charge in [-0.25, -0.2) is 9.59 Å². The Morgan fingerprint density at radius 3 is 2.31 bits per heavy atom. The van der Waals surface area contributed by atoms with Crippen molar-refractivity contribution >= 4 is 29.8 Å². The Hall–Kier alpha value is -4.50. The SMILES string of the molecule is C[C@@H]1NC(=O)[C@@H](C)NC(=O)C(NC(=O)OC(C)(C)C)COCCc2cc([nH]n2)COCC(C(=O)OCc2ccccc2)NC1=O. The van der Waals surface area contributed by atoms with Crippen LogP contribution in [0.1, 0.15) is 51.6 Å². The molecule has 1 aliphatic heterocycles. The Balaban J connectivity index is 1.74. The number of hydrogen-bond donors (Lipinski definition) is 5. The molecule has 5 N–H and O–H groups in total. The summed E-state index contributed by atoms with van der Waals surface area (Å²) in [5.74, 6) is -2.78. The van der Waals surface area contributed by atoms with Gasteiger partial charge in [0, 0.05) is 6.42 Å². The standard InChI is InChI=1S/C30H42N6O9/c1-18-25(37)31-19(2)26(38)33-24(28(40)44-14-20-9-7-6-8-10-20)17-43-15-22-13-21(35-36-22)11-12-42-16-23(27(39)32-18)34-29(41)45-30(3,4)5/h6-10,13,18-19,23-24H,11-12,14-17H2,1-5H3,(H,31,37)(H,32,39)(H,33,38)(H,34,41)(H,35,36)/t18-,19+,23?,24?/m1/s1. The second kappa shape index (κ2) is 16.5. The number of hydrogen-bond acceptors (Lipinski definition) is 10. The van der Waals surface area contributed by atoms with Gasteiger partial charge in [-0.3, -0.25) is 19.5 Å².